The smallest absolute Gasteiger partial charge is 0.261 e. The van der Waals surface area contributed by atoms with Crippen molar-refractivity contribution in [1.29, 1.82) is 0 Å². The molecule has 1 amide bonds. The summed E-state index contributed by atoms with van der Waals surface area (Å²) in [6.07, 6.45) is 3.16. The summed E-state index contributed by atoms with van der Waals surface area (Å²) in [7, 11) is 1.57. The Morgan fingerprint density at radius 1 is 1.17 bits per heavy atom. The molecule has 24 heavy (non-hydrogen) atoms. The van der Waals surface area contributed by atoms with Crippen molar-refractivity contribution in [3.05, 3.63) is 77.9 Å². The van der Waals surface area contributed by atoms with Gasteiger partial charge in [0.1, 0.15) is 5.75 Å². The number of nitrogens with zero attached hydrogens (tertiary/aromatic N) is 2. The van der Waals surface area contributed by atoms with Crippen molar-refractivity contribution < 1.29 is 14.6 Å². The topological polar surface area (TPSA) is 78.4 Å². The Hall–Kier alpha value is -3.12. The summed E-state index contributed by atoms with van der Waals surface area (Å²) in [6, 6.07) is 14.0. The fraction of sp³-hybridized carbons (Fsp3) is 0.111. The molecule has 2 heterocycles. The van der Waals surface area contributed by atoms with E-state index in [4.69, 9.17) is 4.74 Å². The average Bonchev–Trinajstić information content (AvgIpc) is 3.23. The Labute approximate surface area is 138 Å². The van der Waals surface area contributed by atoms with Gasteiger partial charge in [0.25, 0.3) is 5.91 Å². The highest BCUT2D eigenvalue weighted by atomic mass is 16.5. The van der Waals surface area contributed by atoms with Crippen LogP contribution in [-0.2, 0) is 5.72 Å². The third kappa shape index (κ3) is 1.87. The van der Waals surface area contributed by atoms with Crippen LogP contribution in [-0.4, -0.2) is 28.1 Å². The second-order valence-electron chi connectivity index (χ2n) is 5.49. The standard InChI is InChI=1S/C18H15N3O3/c1-24-13-8-6-12(7-9-13)21-16(22)14-4-2-3-5-15(14)18(21,23)17-19-10-11-20-17/h2-11,23H,1H3,(H,19,20). The van der Waals surface area contributed by atoms with Gasteiger partial charge in [0.15, 0.2) is 5.82 Å². The summed E-state index contributed by atoms with van der Waals surface area (Å²) in [5.74, 6) is 0.677. The first-order valence-electron chi connectivity index (χ1n) is 7.46. The largest absolute Gasteiger partial charge is 0.497 e. The zero-order valence-corrected chi connectivity index (χ0v) is 12.9. The van der Waals surface area contributed by atoms with E-state index >= 15 is 0 Å². The zero-order valence-electron chi connectivity index (χ0n) is 12.9. The number of carbonyl (C=O) groups is 1. The van der Waals surface area contributed by atoms with Gasteiger partial charge in [0.05, 0.1) is 7.11 Å². The van der Waals surface area contributed by atoms with Crippen molar-refractivity contribution in [2.45, 2.75) is 5.72 Å². The fourth-order valence-corrected chi connectivity index (χ4v) is 3.09. The Kier molecular flexibility index (Phi) is 3.14. The van der Waals surface area contributed by atoms with Crippen LogP contribution in [0.25, 0.3) is 0 Å². The molecule has 1 atom stereocenters. The minimum atomic E-state index is -1.69. The molecule has 0 saturated heterocycles. The lowest BCUT2D eigenvalue weighted by molar-refractivity contribution is 0.0652. The van der Waals surface area contributed by atoms with Crippen LogP contribution < -0.4 is 9.64 Å². The predicted octanol–water partition coefficient (Wildman–Crippen LogP) is 2.27. The first-order valence-corrected chi connectivity index (χ1v) is 7.46. The minimum Gasteiger partial charge on any atom is -0.497 e. The van der Waals surface area contributed by atoms with Gasteiger partial charge in [-0.1, -0.05) is 18.2 Å². The third-order valence-electron chi connectivity index (χ3n) is 4.22. The SMILES string of the molecule is COc1ccc(N2C(=O)c3ccccc3C2(O)c2ncc[nH]2)cc1. The number of anilines is 1. The summed E-state index contributed by atoms with van der Waals surface area (Å²) in [5, 5.41) is 11.5. The summed E-state index contributed by atoms with van der Waals surface area (Å²) in [4.78, 5) is 21.4. The molecule has 0 spiro atoms. The number of hydrogen-bond donors (Lipinski definition) is 2. The van der Waals surface area contributed by atoms with E-state index in [1.165, 1.54) is 4.90 Å². The Bertz CT molecular complexity index is 890. The maximum absolute atomic E-state index is 13.0. The monoisotopic (exact) mass is 321 g/mol. The summed E-state index contributed by atoms with van der Waals surface area (Å²) in [5.41, 5.74) is -0.185. The molecule has 0 radical (unpaired) electrons. The lowest BCUT2D eigenvalue weighted by Crippen LogP contribution is -2.45. The van der Waals surface area contributed by atoms with Gasteiger partial charge in [-0.15, -0.1) is 0 Å². The van der Waals surface area contributed by atoms with Gasteiger partial charge >= 0.3 is 0 Å². The average molecular weight is 321 g/mol. The first kappa shape index (κ1) is 14.5. The van der Waals surface area contributed by atoms with E-state index in [9.17, 15) is 9.90 Å². The van der Waals surface area contributed by atoms with Crippen LogP contribution in [0.2, 0.25) is 0 Å². The molecule has 1 aliphatic heterocycles. The molecule has 1 unspecified atom stereocenters. The Morgan fingerprint density at radius 2 is 1.92 bits per heavy atom. The van der Waals surface area contributed by atoms with E-state index in [1.54, 1.807) is 68.0 Å². The van der Waals surface area contributed by atoms with Crippen molar-refractivity contribution in [1.82, 2.24) is 9.97 Å². The van der Waals surface area contributed by atoms with Gasteiger partial charge in [-0.2, -0.15) is 0 Å². The number of methoxy groups -OCH3 is 1. The molecule has 6 nitrogen and oxygen atoms in total. The number of aromatic nitrogens is 2. The quantitative estimate of drug-likeness (QED) is 0.776. The highest BCUT2D eigenvalue weighted by Gasteiger charge is 2.52. The molecule has 2 N–H and O–H groups in total. The molecule has 0 bridgehead atoms. The number of hydrogen-bond acceptors (Lipinski definition) is 4. The molecule has 1 aromatic heterocycles. The van der Waals surface area contributed by atoms with E-state index < -0.39 is 5.72 Å². The Morgan fingerprint density at radius 3 is 2.58 bits per heavy atom. The van der Waals surface area contributed by atoms with E-state index in [2.05, 4.69) is 9.97 Å². The summed E-state index contributed by atoms with van der Waals surface area (Å²) >= 11 is 0. The van der Waals surface area contributed by atoms with Crippen molar-refractivity contribution in [3.63, 3.8) is 0 Å². The molecule has 0 aliphatic carbocycles. The van der Waals surface area contributed by atoms with Crippen LogP contribution in [0.3, 0.4) is 0 Å². The number of benzene rings is 2. The second kappa shape index (κ2) is 5.21. The maximum Gasteiger partial charge on any atom is 0.261 e. The zero-order chi connectivity index (χ0) is 16.7. The Balaban J connectivity index is 1.93. The number of ether oxygens (including phenoxy) is 1. The van der Waals surface area contributed by atoms with Crippen molar-refractivity contribution in [2.75, 3.05) is 12.0 Å². The molecule has 6 heteroatoms. The van der Waals surface area contributed by atoms with Crippen LogP contribution >= 0.6 is 0 Å². The van der Waals surface area contributed by atoms with Crippen molar-refractivity contribution in [3.8, 4) is 5.75 Å². The first-order chi connectivity index (χ1) is 11.7. The van der Waals surface area contributed by atoms with Crippen LogP contribution in [0.1, 0.15) is 21.7 Å². The highest BCUT2D eigenvalue weighted by Crippen LogP contribution is 2.43. The van der Waals surface area contributed by atoms with Gasteiger partial charge in [-0.3, -0.25) is 9.69 Å². The number of amides is 1. The van der Waals surface area contributed by atoms with Crippen molar-refractivity contribution in [2.24, 2.45) is 0 Å². The van der Waals surface area contributed by atoms with Gasteiger partial charge < -0.3 is 14.8 Å². The molecule has 120 valence electrons. The van der Waals surface area contributed by atoms with Gasteiger partial charge in [-0.25, -0.2) is 4.98 Å². The van der Waals surface area contributed by atoms with Gasteiger partial charge in [0, 0.05) is 29.2 Å². The highest BCUT2D eigenvalue weighted by molar-refractivity contribution is 6.12. The number of H-pyrrole nitrogens is 1. The lowest BCUT2D eigenvalue weighted by atomic mass is 10.0. The third-order valence-corrected chi connectivity index (χ3v) is 4.22. The van der Waals surface area contributed by atoms with Crippen LogP contribution in [0.4, 0.5) is 5.69 Å². The minimum absolute atomic E-state index is 0.283. The predicted molar refractivity (Wildman–Crippen MR) is 87.8 cm³/mol. The number of aromatic amines is 1. The molecular formula is C18H15N3O3. The number of fused-ring (bicyclic) bond motifs is 1. The van der Waals surface area contributed by atoms with Crippen LogP contribution in [0.5, 0.6) is 5.75 Å². The fourth-order valence-electron chi connectivity index (χ4n) is 3.09. The van der Waals surface area contributed by atoms with Crippen LogP contribution in [0.15, 0.2) is 60.9 Å². The maximum atomic E-state index is 13.0. The lowest BCUT2D eigenvalue weighted by Gasteiger charge is -2.32. The van der Waals surface area contributed by atoms with E-state index in [0.29, 0.717) is 22.6 Å². The van der Waals surface area contributed by atoms with Crippen LogP contribution in [0, 0.1) is 0 Å². The molecule has 1 aliphatic rings. The number of nitrogens with one attached hydrogen (secondary N) is 1. The molecule has 3 aromatic rings. The molecule has 2 aromatic carbocycles. The second-order valence-corrected chi connectivity index (χ2v) is 5.49. The number of rotatable bonds is 3. The van der Waals surface area contributed by atoms with Crippen molar-refractivity contribution >= 4 is 11.6 Å². The van der Waals surface area contributed by atoms with E-state index in [1.807, 2.05) is 0 Å². The van der Waals surface area contributed by atoms with Gasteiger partial charge in [0.2, 0.25) is 5.72 Å². The van der Waals surface area contributed by atoms with E-state index in [-0.39, 0.29) is 11.7 Å². The van der Waals surface area contributed by atoms with E-state index in [0.717, 1.165) is 0 Å². The van der Waals surface area contributed by atoms with Gasteiger partial charge in [-0.05, 0) is 30.3 Å². The number of imidazole rings is 1. The molecular weight excluding hydrogens is 306 g/mol. The molecule has 0 fully saturated rings. The summed E-state index contributed by atoms with van der Waals surface area (Å²) in [6.45, 7) is 0. The number of aliphatic hydroxyl groups is 1. The molecule has 4 rings (SSSR count). The molecule has 0 saturated carbocycles. The number of carbonyl (C=O) groups excluding carboxylic acids is 1. The summed E-state index contributed by atoms with van der Waals surface area (Å²) < 4.78 is 5.16. The normalized spacial score (nSPS) is 19.4.